The molecule has 0 fully saturated rings. The Morgan fingerprint density at radius 3 is 2.62 bits per heavy atom. The van der Waals surface area contributed by atoms with Crippen LogP contribution >= 0.6 is 26.6 Å². The molecule has 0 radical (unpaired) electrons. The highest BCUT2D eigenvalue weighted by molar-refractivity contribution is 9.10. The summed E-state index contributed by atoms with van der Waals surface area (Å²) in [5.74, 6) is -1.92. The molecule has 1 unspecified atom stereocenters. The van der Waals surface area contributed by atoms with Crippen molar-refractivity contribution in [1.29, 1.82) is 0 Å². The van der Waals surface area contributed by atoms with E-state index in [0.717, 1.165) is 6.07 Å². The van der Waals surface area contributed by atoms with Crippen molar-refractivity contribution in [2.24, 2.45) is 0 Å². The fourth-order valence-electron chi connectivity index (χ4n) is 1.63. The van der Waals surface area contributed by atoms with Crippen LogP contribution in [-0.2, 0) is 13.8 Å². The first-order chi connectivity index (χ1) is 9.70. The average molecular weight is 403 g/mol. The molecule has 0 aliphatic rings. The van der Waals surface area contributed by atoms with Gasteiger partial charge >= 0.3 is 0 Å². The first-order valence-electron chi connectivity index (χ1n) is 5.94. The number of hydrogen-bond acceptors (Lipinski definition) is 4. The summed E-state index contributed by atoms with van der Waals surface area (Å²) in [5.41, 5.74) is -0.404. The second kappa shape index (κ2) is 7.53. The highest BCUT2D eigenvalue weighted by atomic mass is 79.9. The number of benzene rings is 1. The van der Waals surface area contributed by atoms with Crippen LogP contribution in [0.15, 0.2) is 21.5 Å². The second-order valence-electron chi connectivity index (χ2n) is 4.24. The summed E-state index contributed by atoms with van der Waals surface area (Å²) in [5, 5.41) is 2.57. The summed E-state index contributed by atoms with van der Waals surface area (Å²) < 4.78 is 42.0. The molecule has 1 aromatic carbocycles. The lowest BCUT2D eigenvalue weighted by molar-refractivity contribution is 0.0890. The molecule has 21 heavy (non-hydrogen) atoms. The van der Waals surface area contributed by atoms with E-state index in [0.29, 0.717) is 6.42 Å². The van der Waals surface area contributed by atoms with Gasteiger partial charge in [-0.15, -0.1) is 0 Å². The van der Waals surface area contributed by atoms with E-state index in [2.05, 4.69) is 21.2 Å². The monoisotopic (exact) mass is 401 g/mol. The largest absolute Gasteiger partial charge is 0.383 e. The third-order valence-corrected chi connectivity index (χ3v) is 4.49. The minimum Gasteiger partial charge on any atom is -0.383 e. The number of nitrogens with one attached hydrogen (secondary N) is 1. The zero-order chi connectivity index (χ0) is 16.2. The molecule has 0 saturated heterocycles. The van der Waals surface area contributed by atoms with Gasteiger partial charge in [-0.2, -0.15) is 0 Å². The van der Waals surface area contributed by atoms with Crippen molar-refractivity contribution in [2.45, 2.75) is 24.3 Å². The number of carbonyl (C=O) groups excluding carboxylic acids is 1. The lowest BCUT2D eigenvalue weighted by Gasteiger charge is -2.16. The highest BCUT2D eigenvalue weighted by Gasteiger charge is 2.24. The normalized spacial score (nSPS) is 13.0. The van der Waals surface area contributed by atoms with Crippen LogP contribution in [0.3, 0.4) is 0 Å². The Morgan fingerprint density at radius 1 is 1.52 bits per heavy atom. The van der Waals surface area contributed by atoms with Crippen molar-refractivity contribution in [2.75, 3.05) is 13.7 Å². The Morgan fingerprint density at radius 2 is 2.14 bits per heavy atom. The molecule has 1 amide bonds. The van der Waals surface area contributed by atoms with Crippen LogP contribution in [0.4, 0.5) is 4.39 Å². The molecule has 0 spiro atoms. The molecule has 1 rings (SSSR count). The third kappa shape index (κ3) is 4.91. The van der Waals surface area contributed by atoms with Crippen LogP contribution in [-0.4, -0.2) is 34.1 Å². The molecular weight excluding hydrogens is 389 g/mol. The van der Waals surface area contributed by atoms with E-state index in [1.54, 1.807) is 0 Å². The Balaban J connectivity index is 3.19. The Kier molecular flexibility index (Phi) is 6.58. The molecule has 118 valence electrons. The number of halogens is 3. The van der Waals surface area contributed by atoms with Crippen molar-refractivity contribution >= 4 is 41.6 Å². The molecule has 5 nitrogen and oxygen atoms in total. The van der Waals surface area contributed by atoms with Gasteiger partial charge in [-0.3, -0.25) is 4.79 Å². The van der Waals surface area contributed by atoms with E-state index in [9.17, 15) is 17.6 Å². The van der Waals surface area contributed by atoms with Crippen molar-refractivity contribution in [3.05, 3.63) is 28.0 Å². The SMILES string of the molecule is CCC(COC)NC(=O)c1cc(Br)cc(S(=O)(=O)Cl)c1F. The first-order valence-corrected chi connectivity index (χ1v) is 9.04. The molecule has 9 heteroatoms. The maximum atomic E-state index is 14.2. The van der Waals surface area contributed by atoms with Gasteiger partial charge in [-0.1, -0.05) is 22.9 Å². The van der Waals surface area contributed by atoms with E-state index in [1.165, 1.54) is 13.2 Å². The number of ether oxygens (including phenoxy) is 1. The number of rotatable bonds is 6. The topological polar surface area (TPSA) is 72.5 Å². The Labute approximate surface area is 135 Å². The third-order valence-electron chi connectivity index (χ3n) is 2.71. The molecule has 1 aromatic rings. The standard InChI is InChI=1S/C12H14BrClFNO4S/c1-3-8(6-20-2)16-12(17)9-4-7(13)5-10(11(9)15)21(14,18)19/h4-5,8H,3,6H2,1-2H3,(H,16,17). The zero-order valence-corrected chi connectivity index (χ0v) is 14.5. The Hall–Kier alpha value is -0.700. The van der Waals surface area contributed by atoms with Crippen LogP contribution in [0.1, 0.15) is 23.7 Å². The van der Waals surface area contributed by atoms with Crippen molar-refractivity contribution in [3.8, 4) is 0 Å². The van der Waals surface area contributed by atoms with Crippen LogP contribution in [0.25, 0.3) is 0 Å². The van der Waals surface area contributed by atoms with Gasteiger partial charge < -0.3 is 10.1 Å². The fourth-order valence-corrected chi connectivity index (χ4v) is 3.17. The molecule has 0 heterocycles. The maximum absolute atomic E-state index is 14.2. The molecule has 0 aromatic heterocycles. The maximum Gasteiger partial charge on any atom is 0.264 e. The highest BCUT2D eigenvalue weighted by Crippen LogP contribution is 2.26. The van der Waals surface area contributed by atoms with E-state index in [-0.39, 0.29) is 17.1 Å². The van der Waals surface area contributed by atoms with Gasteiger partial charge in [0.05, 0.1) is 18.2 Å². The summed E-state index contributed by atoms with van der Waals surface area (Å²) in [6, 6.07) is 1.88. The van der Waals surface area contributed by atoms with E-state index >= 15 is 0 Å². The minimum absolute atomic E-state index is 0.230. The molecular formula is C12H14BrClFNO4S. The predicted molar refractivity (Wildman–Crippen MR) is 80.6 cm³/mol. The van der Waals surface area contributed by atoms with E-state index in [1.807, 2.05) is 6.92 Å². The van der Waals surface area contributed by atoms with Gasteiger partial charge in [-0.05, 0) is 18.6 Å². The average Bonchev–Trinajstić information content (AvgIpc) is 2.39. The molecule has 0 bridgehead atoms. The van der Waals surface area contributed by atoms with Gasteiger partial charge in [0.2, 0.25) is 0 Å². The fraction of sp³-hybridized carbons (Fsp3) is 0.417. The summed E-state index contributed by atoms with van der Waals surface area (Å²) in [6.07, 6.45) is 0.579. The van der Waals surface area contributed by atoms with Crippen LogP contribution in [0.2, 0.25) is 0 Å². The number of hydrogen-bond donors (Lipinski definition) is 1. The van der Waals surface area contributed by atoms with Crippen LogP contribution < -0.4 is 5.32 Å². The lowest BCUT2D eigenvalue weighted by atomic mass is 10.1. The van der Waals surface area contributed by atoms with Gasteiger partial charge in [0.25, 0.3) is 15.0 Å². The van der Waals surface area contributed by atoms with E-state index < -0.39 is 31.2 Å². The van der Waals surface area contributed by atoms with Gasteiger partial charge in [0.1, 0.15) is 4.90 Å². The second-order valence-corrected chi connectivity index (χ2v) is 7.69. The molecule has 0 aliphatic carbocycles. The van der Waals surface area contributed by atoms with Crippen molar-refractivity contribution in [3.63, 3.8) is 0 Å². The van der Waals surface area contributed by atoms with Gasteiger partial charge in [0, 0.05) is 22.3 Å². The summed E-state index contributed by atoms with van der Waals surface area (Å²) in [6.45, 7) is 2.09. The lowest BCUT2D eigenvalue weighted by Crippen LogP contribution is -2.38. The molecule has 0 aliphatic heterocycles. The predicted octanol–water partition coefficient (Wildman–Crippen LogP) is 2.67. The summed E-state index contributed by atoms with van der Waals surface area (Å²) in [7, 11) is 2.34. The molecule has 0 saturated carbocycles. The number of amides is 1. The quantitative estimate of drug-likeness (QED) is 0.743. The molecule has 1 atom stereocenters. The summed E-state index contributed by atoms with van der Waals surface area (Å²) in [4.78, 5) is 11.3. The van der Waals surface area contributed by atoms with Gasteiger partial charge in [0.15, 0.2) is 5.82 Å². The summed E-state index contributed by atoms with van der Waals surface area (Å²) >= 11 is 3.03. The zero-order valence-electron chi connectivity index (χ0n) is 11.3. The van der Waals surface area contributed by atoms with Crippen molar-refractivity contribution < 1.29 is 22.3 Å². The number of carbonyl (C=O) groups is 1. The molecule has 1 N–H and O–H groups in total. The van der Waals surface area contributed by atoms with Crippen LogP contribution in [0.5, 0.6) is 0 Å². The smallest absolute Gasteiger partial charge is 0.264 e. The van der Waals surface area contributed by atoms with E-state index in [4.69, 9.17) is 15.4 Å². The Bertz CT molecular complexity index is 638. The van der Waals surface area contributed by atoms with Crippen molar-refractivity contribution in [1.82, 2.24) is 5.32 Å². The van der Waals surface area contributed by atoms with Gasteiger partial charge in [-0.25, -0.2) is 12.8 Å². The number of methoxy groups -OCH3 is 1. The first kappa shape index (κ1) is 18.3. The minimum atomic E-state index is -4.29. The van der Waals surface area contributed by atoms with Crippen LogP contribution in [0, 0.1) is 5.82 Å².